The second kappa shape index (κ2) is 5.96. The summed E-state index contributed by atoms with van der Waals surface area (Å²) in [5, 5.41) is 7.16. The molecule has 0 aliphatic rings. The highest BCUT2D eigenvalue weighted by Crippen LogP contribution is 2.21. The minimum Gasteiger partial charge on any atom is -0.374 e. The lowest BCUT2D eigenvalue weighted by Crippen LogP contribution is -2.30. The second-order valence-electron chi connectivity index (χ2n) is 3.96. The van der Waals surface area contributed by atoms with Gasteiger partial charge in [0.15, 0.2) is 5.82 Å². The van der Waals surface area contributed by atoms with Crippen LogP contribution in [0.1, 0.15) is 50.9 Å². The number of nitrogens with zero attached hydrogens (tertiary/aromatic N) is 2. The van der Waals surface area contributed by atoms with Gasteiger partial charge in [-0.1, -0.05) is 19.0 Å². The molecule has 1 aromatic rings. The average Bonchev–Trinajstić information content (AvgIpc) is 2.78. The Hall–Kier alpha value is -0.940. The Balaban J connectivity index is 2.76. The third-order valence-corrected chi connectivity index (χ3v) is 2.98. The van der Waals surface area contributed by atoms with Crippen molar-refractivity contribution in [2.24, 2.45) is 0 Å². The van der Waals surface area contributed by atoms with E-state index >= 15 is 0 Å². The lowest BCUT2D eigenvalue weighted by Gasteiger charge is -2.18. The third-order valence-electron chi connectivity index (χ3n) is 2.98. The summed E-state index contributed by atoms with van der Waals surface area (Å²) >= 11 is 0. The van der Waals surface area contributed by atoms with Gasteiger partial charge in [-0.2, -0.15) is 4.98 Å². The molecule has 0 bridgehead atoms. The molecule has 16 heavy (non-hydrogen) atoms. The highest BCUT2D eigenvalue weighted by atomic mass is 16.5. The molecule has 3 atom stereocenters. The van der Waals surface area contributed by atoms with E-state index in [2.05, 4.69) is 29.3 Å². The predicted molar refractivity (Wildman–Crippen MR) is 61.3 cm³/mol. The van der Waals surface area contributed by atoms with E-state index in [-0.39, 0.29) is 12.0 Å². The zero-order valence-electron chi connectivity index (χ0n) is 10.7. The van der Waals surface area contributed by atoms with E-state index < -0.39 is 0 Å². The number of hydrogen-bond donors (Lipinski definition) is 1. The number of rotatable bonds is 6. The fourth-order valence-corrected chi connectivity index (χ4v) is 1.68. The molecule has 0 aromatic carbocycles. The largest absolute Gasteiger partial charge is 0.374 e. The molecule has 1 N–H and O–H groups in total. The van der Waals surface area contributed by atoms with E-state index in [9.17, 15) is 0 Å². The number of aromatic nitrogens is 2. The number of hydrogen-bond acceptors (Lipinski definition) is 5. The summed E-state index contributed by atoms with van der Waals surface area (Å²) in [6.07, 6.45) is 0.897. The molecular formula is C11H21N3O2. The van der Waals surface area contributed by atoms with Crippen LogP contribution in [-0.4, -0.2) is 30.3 Å². The summed E-state index contributed by atoms with van der Waals surface area (Å²) < 4.78 is 10.4. The molecule has 5 nitrogen and oxygen atoms in total. The monoisotopic (exact) mass is 227 g/mol. The zero-order chi connectivity index (χ0) is 12.1. The van der Waals surface area contributed by atoms with Gasteiger partial charge in [0.25, 0.3) is 0 Å². The molecule has 1 rings (SSSR count). The number of nitrogens with one attached hydrogen (secondary N) is 1. The van der Waals surface area contributed by atoms with Crippen LogP contribution in [0.5, 0.6) is 0 Å². The zero-order valence-corrected chi connectivity index (χ0v) is 10.7. The fraction of sp³-hybridized carbons (Fsp3) is 0.818. The van der Waals surface area contributed by atoms with Crippen molar-refractivity contribution in [1.29, 1.82) is 0 Å². The van der Waals surface area contributed by atoms with E-state index in [1.54, 1.807) is 7.11 Å². The molecule has 0 aliphatic carbocycles. The summed E-state index contributed by atoms with van der Waals surface area (Å²) in [5.74, 6) is 1.48. The van der Waals surface area contributed by atoms with Gasteiger partial charge in [0, 0.05) is 13.2 Å². The van der Waals surface area contributed by atoms with Gasteiger partial charge in [-0.25, -0.2) is 0 Å². The van der Waals surface area contributed by atoms with Crippen molar-refractivity contribution < 1.29 is 9.26 Å². The van der Waals surface area contributed by atoms with Gasteiger partial charge in [-0.05, 0) is 20.4 Å². The van der Waals surface area contributed by atoms with Crippen molar-refractivity contribution in [3.05, 3.63) is 11.7 Å². The van der Waals surface area contributed by atoms with Crippen molar-refractivity contribution in [1.82, 2.24) is 15.5 Å². The fourth-order valence-electron chi connectivity index (χ4n) is 1.68. The van der Waals surface area contributed by atoms with Crippen LogP contribution < -0.4 is 5.32 Å². The van der Waals surface area contributed by atoms with Crippen LogP contribution in [0.15, 0.2) is 4.52 Å². The van der Waals surface area contributed by atoms with Crippen LogP contribution in [0.25, 0.3) is 0 Å². The first-order chi connectivity index (χ1) is 7.63. The normalized spacial score (nSPS) is 17.1. The van der Waals surface area contributed by atoms with Crippen LogP contribution in [-0.2, 0) is 4.74 Å². The van der Waals surface area contributed by atoms with Crippen LogP contribution in [0.3, 0.4) is 0 Å². The molecule has 0 fully saturated rings. The minimum atomic E-state index is -0.126. The van der Waals surface area contributed by atoms with Crippen molar-refractivity contribution in [3.8, 4) is 0 Å². The van der Waals surface area contributed by atoms with Gasteiger partial charge in [-0.15, -0.1) is 0 Å². The number of ether oxygens (including phenoxy) is 1. The smallest absolute Gasteiger partial charge is 0.231 e. The molecule has 1 aromatic heterocycles. The molecule has 0 amide bonds. The van der Waals surface area contributed by atoms with E-state index in [0.29, 0.717) is 17.8 Å². The van der Waals surface area contributed by atoms with E-state index in [1.807, 2.05) is 14.0 Å². The molecule has 0 saturated carbocycles. The van der Waals surface area contributed by atoms with Crippen molar-refractivity contribution in [2.75, 3.05) is 14.2 Å². The minimum absolute atomic E-state index is 0.126. The standard InChI is InChI=1S/C11H21N3O2/c1-6-9(12-4)7(2)11-13-10(14-16-11)8(3)15-5/h7-9,12H,6H2,1-5H3. The van der Waals surface area contributed by atoms with Gasteiger partial charge < -0.3 is 14.6 Å². The molecule has 0 spiro atoms. The van der Waals surface area contributed by atoms with E-state index in [0.717, 1.165) is 6.42 Å². The molecule has 0 radical (unpaired) electrons. The van der Waals surface area contributed by atoms with Crippen LogP contribution in [0.2, 0.25) is 0 Å². The van der Waals surface area contributed by atoms with Gasteiger partial charge in [0.1, 0.15) is 6.10 Å². The molecule has 92 valence electrons. The molecular weight excluding hydrogens is 206 g/mol. The highest BCUT2D eigenvalue weighted by Gasteiger charge is 2.22. The number of methoxy groups -OCH3 is 1. The first-order valence-electron chi connectivity index (χ1n) is 5.67. The maximum absolute atomic E-state index is 5.25. The van der Waals surface area contributed by atoms with Crippen molar-refractivity contribution in [2.45, 2.75) is 45.3 Å². The predicted octanol–water partition coefficient (Wildman–Crippen LogP) is 1.88. The SMILES string of the molecule is CCC(NC)C(C)c1nc(C(C)OC)no1. The summed E-state index contributed by atoms with van der Waals surface area (Å²) in [7, 11) is 3.58. The molecule has 3 unspecified atom stereocenters. The van der Waals surface area contributed by atoms with Gasteiger partial charge >= 0.3 is 0 Å². The second-order valence-corrected chi connectivity index (χ2v) is 3.96. The van der Waals surface area contributed by atoms with Gasteiger partial charge in [0.05, 0.1) is 5.92 Å². The molecule has 0 saturated heterocycles. The Morgan fingerprint density at radius 3 is 2.62 bits per heavy atom. The van der Waals surface area contributed by atoms with E-state index in [1.165, 1.54) is 0 Å². The summed E-state index contributed by atoms with van der Waals surface area (Å²) in [6, 6.07) is 0.353. The van der Waals surface area contributed by atoms with Gasteiger partial charge in [-0.3, -0.25) is 0 Å². The van der Waals surface area contributed by atoms with Crippen LogP contribution in [0, 0.1) is 0 Å². The lowest BCUT2D eigenvalue weighted by molar-refractivity contribution is 0.109. The van der Waals surface area contributed by atoms with E-state index in [4.69, 9.17) is 9.26 Å². The maximum atomic E-state index is 5.25. The molecule has 0 aliphatic heterocycles. The highest BCUT2D eigenvalue weighted by molar-refractivity contribution is 4.98. The quantitative estimate of drug-likeness (QED) is 0.804. The number of likely N-dealkylation sites (N-methyl/N-ethyl adjacent to an activating group) is 1. The Kier molecular flexibility index (Phi) is 4.89. The lowest BCUT2D eigenvalue weighted by atomic mass is 10.00. The Labute approximate surface area is 96.6 Å². The molecule has 5 heteroatoms. The summed E-state index contributed by atoms with van der Waals surface area (Å²) in [6.45, 7) is 6.11. The van der Waals surface area contributed by atoms with Crippen LogP contribution >= 0.6 is 0 Å². The Morgan fingerprint density at radius 2 is 2.12 bits per heavy atom. The van der Waals surface area contributed by atoms with Crippen LogP contribution in [0.4, 0.5) is 0 Å². The summed E-state index contributed by atoms with van der Waals surface area (Å²) in [4.78, 5) is 4.35. The third kappa shape index (κ3) is 2.80. The van der Waals surface area contributed by atoms with Crippen molar-refractivity contribution >= 4 is 0 Å². The van der Waals surface area contributed by atoms with Crippen molar-refractivity contribution in [3.63, 3.8) is 0 Å². The Morgan fingerprint density at radius 1 is 1.44 bits per heavy atom. The summed E-state index contributed by atoms with van der Waals surface area (Å²) in [5.41, 5.74) is 0. The van der Waals surface area contributed by atoms with Gasteiger partial charge in [0.2, 0.25) is 5.89 Å². The Bertz CT molecular complexity index is 310. The topological polar surface area (TPSA) is 60.2 Å². The maximum Gasteiger partial charge on any atom is 0.231 e. The first-order valence-corrected chi connectivity index (χ1v) is 5.67. The first kappa shape index (κ1) is 13.1. The molecule has 1 heterocycles. The average molecular weight is 227 g/mol.